The molecule has 0 amide bonds. The molecule has 1 aromatic rings. The summed E-state index contributed by atoms with van der Waals surface area (Å²) in [4.78, 5) is 10.1. The Morgan fingerprint density at radius 1 is 1.50 bits per heavy atom. The van der Waals surface area contributed by atoms with Crippen LogP contribution in [0.2, 0.25) is 0 Å². The number of nitrogens with zero attached hydrogens (tertiary/aromatic N) is 1. The van der Waals surface area contributed by atoms with Gasteiger partial charge in [-0.2, -0.15) is 0 Å². The Morgan fingerprint density at radius 3 is 2.94 bits per heavy atom. The second kappa shape index (κ2) is 4.46. The number of nitrogens with one attached hydrogen (secondary N) is 1. The highest BCUT2D eigenvalue weighted by Crippen LogP contribution is 2.21. The van der Waals surface area contributed by atoms with Gasteiger partial charge in [0.1, 0.15) is 18.0 Å². The zero-order chi connectivity index (χ0) is 11.5. The first-order valence-electron chi connectivity index (χ1n) is 4.97. The number of benzene rings is 1. The van der Waals surface area contributed by atoms with Crippen LogP contribution in [-0.4, -0.2) is 35.3 Å². The molecule has 1 aromatic carbocycles. The van der Waals surface area contributed by atoms with Gasteiger partial charge < -0.3 is 15.2 Å². The van der Waals surface area contributed by atoms with Crippen molar-refractivity contribution in [3.05, 3.63) is 34.4 Å². The SMILES string of the molecule is O=[N+]([O-])c1cccc(OC2CNCC2O)c1. The van der Waals surface area contributed by atoms with Gasteiger partial charge in [-0.15, -0.1) is 0 Å². The van der Waals surface area contributed by atoms with E-state index in [0.717, 1.165) is 0 Å². The van der Waals surface area contributed by atoms with Crippen molar-refractivity contribution in [3.8, 4) is 5.75 Å². The molecule has 2 N–H and O–H groups in total. The fourth-order valence-electron chi connectivity index (χ4n) is 1.61. The molecule has 0 saturated carbocycles. The average molecular weight is 224 g/mol. The monoisotopic (exact) mass is 224 g/mol. The lowest BCUT2D eigenvalue weighted by molar-refractivity contribution is -0.385. The third-order valence-corrected chi connectivity index (χ3v) is 2.44. The van der Waals surface area contributed by atoms with Crippen molar-refractivity contribution in [2.24, 2.45) is 0 Å². The molecule has 1 fully saturated rings. The number of aliphatic hydroxyl groups excluding tert-OH is 1. The van der Waals surface area contributed by atoms with Crippen LogP contribution < -0.4 is 10.1 Å². The number of hydrogen-bond donors (Lipinski definition) is 2. The van der Waals surface area contributed by atoms with Gasteiger partial charge in [-0.05, 0) is 6.07 Å². The van der Waals surface area contributed by atoms with Crippen molar-refractivity contribution in [1.29, 1.82) is 0 Å². The number of nitro groups is 1. The summed E-state index contributed by atoms with van der Waals surface area (Å²) in [6, 6.07) is 5.95. The van der Waals surface area contributed by atoms with Gasteiger partial charge in [0.2, 0.25) is 0 Å². The minimum atomic E-state index is -0.570. The molecular formula is C10H12N2O4. The fraction of sp³-hybridized carbons (Fsp3) is 0.400. The third kappa shape index (κ3) is 2.29. The molecular weight excluding hydrogens is 212 g/mol. The van der Waals surface area contributed by atoms with Gasteiger partial charge >= 0.3 is 0 Å². The smallest absolute Gasteiger partial charge is 0.273 e. The lowest BCUT2D eigenvalue weighted by atomic mass is 10.2. The number of aliphatic hydroxyl groups is 1. The molecule has 86 valence electrons. The van der Waals surface area contributed by atoms with Crippen LogP contribution in [-0.2, 0) is 0 Å². The minimum Gasteiger partial charge on any atom is -0.486 e. The zero-order valence-electron chi connectivity index (χ0n) is 8.50. The van der Waals surface area contributed by atoms with E-state index in [1.54, 1.807) is 12.1 Å². The molecule has 0 radical (unpaired) electrons. The molecule has 16 heavy (non-hydrogen) atoms. The Morgan fingerprint density at radius 2 is 2.31 bits per heavy atom. The van der Waals surface area contributed by atoms with E-state index < -0.39 is 11.0 Å². The summed E-state index contributed by atoms with van der Waals surface area (Å²) in [5, 5.41) is 23.0. The fourth-order valence-corrected chi connectivity index (χ4v) is 1.61. The van der Waals surface area contributed by atoms with Gasteiger partial charge in [-0.1, -0.05) is 6.07 Å². The maximum absolute atomic E-state index is 10.5. The second-order valence-electron chi connectivity index (χ2n) is 3.64. The molecule has 2 rings (SSSR count). The van der Waals surface area contributed by atoms with E-state index in [4.69, 9.17) is 4.74 Å². The third-order valence-electron chi connectivity index (χ3n) is 2.44. The van der Waals surface area contributed by atoms with Crippen LogP contribution in [0.1, 0.15) is 0 Å². The topological polar surface area (TPSA) is 84.6 Å². The molecule has 1 saturated heterocycles. The van der Waals surface area contributed by atoms with E-state index in [-0.39, 0.29) is 11.8 Å². The van der Waals surface area contributed by atoms with Crippen molar-refractivity contribution in [2.45, 2.75) is 12.2 Å². The van der Waals surface area contributed by atoms with Crippen molar-refractivity contribution in [1.82, 2.24) is 5.32 Å². The van der Waals surface area contributed by atoms with Gasteiger partial charge in [-0.25, -0.2) is 0 Å². The summed E-state index contributed by atoms with van der Waals surface area (Å²) < 4.78 is 5.46. The van der Waals surface area contributed by atoms with Gasteiger partial charge in [0, 0.05) is 19.2 Å². The second-order valence-corrected chi connectivity index (χ2v) is 3.64. The van der Waals surface area contributed by atoms with E-state index in [2.05, 4.69) is 5.32 Å². The quantitative estimate of drug-likeness (QED) is 0.570. The van der Waals surface area contributed by atoms with Crippen molar-refractivity contribution in [3.63, 3.8) is 0 Å². The van der Waals surface area contributed by atoms with Crippen LogP contribution in [0.15, 0.2) is 24.3 Å². The summed E-state index contributed by atoms with van der Waals surface area (Å²) in [7, 11) is 0. The summed E-state index contributed by atoms with van der Waals surface area (Å²) in [5.41, 5.74) is -0.0158. The van der Waals surface area contributed by atoms with E-state index in [1.165, 1.54) is 12.1 Å². The predicted molar refractivity (Wildman–Crippen MR) is 56.4 cm³/mol. The Bertz CT molecular complexity index is 396. The highest BCUT2D eigenvalue weighted by molar-refractivity contribution is 5.38. The standard InChI is InChI=1S/C10H12N2O4/c13-9-5-11-6-10(9)16-8-3-1-2-7(4-8)12(14)15/h1-4,9-11,13H,5-6H2. The van der Waals surface area contributed by atoms with E-state index in [0.29, 0.717) is 18.8 Å². The van der Waals surface area contributed by atoms with Gasteiger partial charge in [0.05, 0.1) is 11.0 Å². The maximum atomic E-state index is 10.5. The first-order chi connectivity index (χ1) is 7.66. The van der Waals surface area contributed by atoms with Crippen LogP contribution in [0.3, 0.4) is 0 Å². The van der Waals surface area contributed by atoms with Crippen molar-refractivity contribution < 1.29 is 14.8 Å². The highest BCUT2D eigenvalue weighted by atomic mass is 16.6. The van der Waals surface area contributed by atoms with Crippen LogP contribution in [0.5, 0.6) is 5.75 Å². The molecule has 0 bridgehead atoms. The molecule has 6 heteroatoms. The van der Waals surface area contributed by atoms with Crippen LogP contribution in [0.25, 0.3) is 0 Å². The minimum absolute atomic E-state index is 0.0158. The predicted octanol–water partition coefficient (Wildman–Crippen LogP) is 0.306. The summed E-state index contributed by atoms with van der Waals surface area (Å²) in [6.07, 6.45) is -0.915. The Balaban J connectivity index is 2.09. The lowest BCUT2D eigenvalue weighted by Gasteiger charge is -2.15. The first kappa shape index (κ1) is 10.8. The number of ether oxygens (including phenoxy) is 1. The number of nitro benzene ring substituents is 1. The summed E-state index contributed by atoms with van der Waals surface area (Å²) in [6.45, 7) is 1.03. The van der Waals surface area contributed by atoms with Crippen LogP contribution >= 0.6 is 0 Å². The first-order valence-corrected chi connectivity index (χ1v) is 4.97. The Kier molecular flexibility index (Phi) is 3.02. The number of non-ortho nitro benzene ring substituents is 1. The molecule has 0 aliphatic carbocycles. The number of rotatable bonds is 3. The molecule has 1 heterocycles. The highest BCUT2D eigenvalue weighted by Gasteiger charge is 2.26. The van der Waals surface area contributed by atoms with Crippen LogP contribution in [0, 0.1) is 10.1 Å². The lowest BCUT2D eigenvalue weighted by Crippen LogP contribution is -2.29. The molecule has 1 aliphatic rings. The normalized spacial score (nSPS) is 24.3. The van der Waals surface area contributed by atoms with E-state index in [9.17, 15) is 15.2 Å². The van der Waals surface area contributed by atoms with Gasteiger partial charge in [-0.3, -0.25) is 10.1 Å². The molecule has 1 aliphatic heterocycles. The van der Waals surface area contributed by atoms with Crippen LogP contribution in [0.4, 0.5) is 5.69 Å². The molecule has 0 spiro atoms. The number of β-amino-alcohol motifs (C(OH)–C–C–N with tert-alkyl or cyclic N) is 1. The molecule has 2 atom stereocenters. The average Bonchev–Trinajstić information content (AvgIpc) is 2.65. The zero-order valence-corrected chi connectivity index (χ0v) is 8.50. The molecule has 2 unspecified atom stereocenters. The maximum Gasteiger partial charge on any atom is 0.273 e. The van der Waals surface area contributed by atoms with E-state index in [1.807, 2.05) is 0 Å². The number of hydrogen-bond acceptors (Lipinski definition) is 5. The van der Waals surface area contributed by atoms with E-state index >= 15 is 0 Å². The Hall–Kier alpha value is -1.66. The van der Waals surface area contributed by atoms with Gasteiger partial charge in [0.15, 0.2) is 0 Å². The summed E-state index contributed by atoms with van der Waals surface area (Å²) >= 11 is 0. The Labute approximate surface area is 92.0 Å². The summed E-state index contributed by atoms with van der Waals surface area (Å²) in [5.74, 6) is 0.405. The molecule has 6 nitrogen and oxygen atoms in total. The molecule has 0 aromatic heterocycles. The van der Waals surface area contributed by atoms with Crippen molar-refractivity contribution in [2.75, 3.05) is 13.1 Å². The largest absolute Gasteiger partial charge is 0.486 e. The van der Waals surface area contributed by atoms with Gasteiger partial charge in [0.25, 0.3) is 5.69 Å². The van der Waals surface area contributed by atoms with Crippen molar-refractivity contribution >= 4 is 5.69 Å².